The third-order valence-electron chi connectivity index (χ3n) is 3.63. The van der Waals surface area contributed by atoms with Crippen LogP contribution >= 0.6 is 11.8 Å². The number of rotatable bonds is 4. The van der Waals surface area contributed by atoms with Crippen molar-refractivity contribution < 1.29 is 4.79 Å². The van der Waals surface area contributed by atoms with Gasteiger partial charge >= 0.3 is 0 Å². The molecule has 25 heavy (non-hydrogen) atoms. The Morgan fingerprint density at radius 1 is 1.24 bits per heavy atom. The Balaban J connectivity index is 2.12. The maximum absolute atomic E-state index is 12.4. The van der Waals surface area contributed by atoms with Crippen molar-refractivity contribution in [2.45, 2.75) is 45.1 Å². The lowest BCUT2D eigenvalue weighted by atomic mass is 9.86. The van der Waals surface area contributed by atoms with Crippen LogP contribution in [0.5, 0.6) is 0 Å². The molecule has 130 valence electrons. The minimum atomic E-state index is -0.125. The zero-order chi connectivity index (χ0) is 18.6. The van der Waals surface area contributed by atoms with E-state index in [1.807, 2.05) is 24.3 Å². The Hall–Kier alpha value is -2.39. The lowest BCUT2D eigenvalue weighted by molar-refractivity contribution is -0.113. The molecule has 0 aliphatic heterocycles. The van der Waals surface area contributed by atoms with Crippen molar-refractivity contribution in [1.82, 2.24) is 9.97 Å². The highest BCUT2D eigenvalue weighted by Gasteiger charge is 2.19. The van der Waals surface area contributed by atoms with Crippen molar-refractivity contribution in [3.8, 4) is 6.07 Å². The van der Waals surface area contributed by atoms with Gasteiger partial charge < -0.3 is 5.32 Å². The molecular formula is C19H22N4OS. The van der Waals surface area contributed by atoms with Crippen molar-refractivity contribution >= 4 is 23.4 Å². The van der Waals surface area contributed by atoms with Gasteiger partial charge in [0.1, 0.15) is 22.5 Å². The molecule has 0 aliphatic rings. The summed E-state index contributed by atoms with van der Waals surface area (Å²) >= 11 is 1.26. The van der Waals surface area contributed by atoms with Crippen molar-refractivity contribution in [2.24, 2.45) is 0 Å². The second-order valence-corrected chi connectivity index (χ2v) is 7.74. The van der Waals surface area contributed by atoms with Crippen LogP contribution in [-0.4, -0.2) is 21.6 Å². The molecule has 0 fully saturated rings. The summed E-state index contributed by atoms with van der Waals surface area (Å²) in [5.41, 5.74) is 2.90. The van der Waals surface area contributed by atoms with E-state index >= 15 is 0 Å². The van der Waals surface area contributed by atoms with Crippen molar-refractivity contribution in [3.63, 3.8) is 0 Å². The average molecular weight is 354 g/mol. The first kappa shape index (κ1) is 18.9. The molecule has 0 aliphatic carbocycles. The van der Waals surface area contributed by atoms with Gasteiger partial charge in [-0.3, -0.25) is 4.79 Å². The highest BCUT2D eigenvalue weighted by Crippen LogP contribution is 2.29. The number of nitriles is 1. The second-order valence-electron chi connectivity index (χ2n) is 6.78. The van der Waals surface area contributed by atoms with E-state index in [4.69, 9.17) is 0 Å². The van der Waals surface area contributed by atoms with E-state index in [1.54, 1.807) is 13.8 Å². The first-order valence-corrected chi connectivity index (χ1v) is 8.98. The number of anilines is 1. The van der Waals surface area contributed by atoms with E-state index in [1.165, 1.54) is 11.8 Å². The van der Waals surface area contributed by atoms with Gasteiger partial charge in [0.15, 0.2) is 0 Å². The SMILES string of the molecule is Cc1nc(C)c(C#N)c(SCC(=O)Nc2ccccc2C(C)(C)C)n1. The molecule has 0 atom stereocenters. The number of hydrogen-bond donors (Lipinski definition) is 1. The number of aryl methyl sites for hydroxylation is 2. The van der Waals surface area contributed by atoms with Crippen LogP contribution in [0.15, 0.2) is 29.3 Å². The van der Waals surface area contributed by atoms with Gasteiger partial charge in [0.25, 0.3) is 0 Å². The molecule has 6 heteroatoms. The summed E-state index contributed by atoms with van der Waals surface area (Å²) in [5, 5.41) is 12.8. The number of benzene rings is 1. The first-order valence-electron chi connectivity index (χ1n) is 8.00. The highest BCUT2D eigenvalue weighted by molar-refractivity contribution is 8.00. The van der Waals surface area contributed by atoms with Crippen LogP contribution < -0.4 is 5.32 Å². The summed E-state index contributed by atoms with van der Waals surface area (Å²) in [6.07, 6.45) is 0. The number of hydrogen-bond acceptors (Lipinski definition) is 5. The number of amides is 1. The number of nitrogens with zero attached hydrogens (tertiary/aromatic N) is 3. The number of nitrogens with one attached hydrogen (secondary N) is 1. The van der Waals surface area contributed by atoms with Crippen molar-refractivity contribution in [1.29, 1.82) is 5.26 Å². The van der Waals surface area contributed by atoms with E-state index in [2.05, 4.69) is 42.1 Å². The Labute approximate surface area is 152 Å². The highest BCUT2D eigenvalue weighted by atomic mass is 32.2. The normalized spacial score (nSPS) is 11.0. The van der Waals surface area contributed by atoms with E-state index in [0.29, 0.717) is 22.1 Å². The van der Waals surface area contributed by atoms with Gasteiger partial charge in [-0.1, -0.05) is 50.7 Å². The molecule has 0 unspecified atom stereocenters. The topological polar surface area (TPSA) is 78.7 Å². The fourth-order valence-electron chi connectivity index (χ4n) is 2.48. The Kier molecular flexibility index (Phi) is 5.81. The molecule has 2 rings (SSSR count). The number of carbonyl (C=O) groups is 1. The smallest absolute Gasteiger partial charge is 0.234 e. The standard InChI is InChI=1S/C19H22N4OS/c1-12-14(10-20)18(22-13(2)21-12)25-11-17(24)23-16-9-7-6-8-15(16)19(3,4)5/h6-9H,11H2,1-5H3,(H,23,24). The molecule has 1 heterocycles. The maximum Gasteiger partial charge on any atom is 0.234 e. The Morgan fingerprint density at radius 2 is 1.92 bits per heavy atom. The number of aromatic nitrogens is 2. The van der Waals surface area contributed by atoms with Gasteiger partial charge in [-0.05, 0) is 30.9 Å². The average Bonchev–Trinajstić information content (AvgIpc) is 2.52. The number of para-hydroxylation sites is 1. The largest absolute Gasteiger partial charge is 0.325 e. The van der Waals surface area contributed by atoms with Gasteiger partial charge in [-0.2, -0.15) is 5.26 Å². The zero-order valence-corrected chi connectivity index (χ0v) is 16.0. The summed E-state index contributed by atoms with van der Waals surface area (Å²) in [5.74, 6) is 0.653. The summed E-state index contributed by atoms with van der Waals surface area (Å²) in [7, 11) is 0. The number of carbonyl (C=O) groups excluding carboxylic acids is 1. The predicted octanol–water partition coefficient (Wildman–Crippen LogP) is 3.99. The molecule has 0 saturated carbocycles. The summed E-state index contributed by atoms with van der Waals surface area (Å²) in [6.45, 7) is 9.88. The van der Waals surface area contributed by atoms with Crippen LogP contribution in [0, 0.1) is 25.2 Å². The lowest BCUT2D eigenvalue weighted by Gasteiger charge is -2.23. The third-order valence-corrected chi connectivity index (χ3v) is 4.60. The Bertz CT molecular complexity index is 834. The predicted molar refractivity (Wildman–Crippen MR) is 101 cm³/mol. The quantitative estimate of drug-likeness (QED) is 0.663. The van der Waals surface area contributed by atoms with Crippen LogP contribution in [0.2, 0.25) is 0 Å². The number of thioether (sulfide) groups is 1. The molecule has 0 bridgehead atoms. The minimum absolute atomic E-state index is 0.0636. The van der Waals surface area contributed by atoms with Crippen LogP contribution in [-0.2, 0) is 10.2 Å². The van der Waals surface area contributed by atoms with Crippen LogP contribution in [0.3, 0.4) is 0 Å². The molecule has 0 radical (unpaired) electrons. The summed E-state index contributed by atoms with van der Waals surface area (Å²) in [6, 6.07) is 9.92. The van der Waals surface area contributed by atoms with E-state index < -0.39 is 0 Å². The zero-order valence-electron chi connectivity index (χ0n) is 15.2. The van der Waals surface area contributed by atoms with Gasteiger partial charge in [0.2, 0.25) is 5.91 Å². The molecule has 5 nitrogen and oxygen atoms in total. The molecule has 0 saturated heterocycles. The monoisotopic (exact) mass is 354 g/mol. The van der Waals surface area contributed by atoms with Crippen LogP contribution in [0.1, 0.15) is 43.4 Å². The third kappa shape index (κ3) is 4.80. The van der Waals surface area contributed by atoms with E-state index in [9.17, 15) is 10.1 Å². The summed E-state index contributed by atoms with van der Waals surface area (Å²) in [4.78, 5) is 20.9. The van der Waals surface area contributed by atoms with Crippen LogP contribution in [0.4, 0.5) is 5.69 Å². The molecule has 1 aromatic carbocycles. The maximum atomic E-state index is 12.4. The van der Waals surface area contributed by atoms with E-state index in [-0.39, 0.29) is 17.1 Å². The molecule has 2 aromatic rings. The van der Waals surface area contributed by atoms with Gasteiger partial charge in [-0.25, -0.2) is 9.97 Å². The fraction of sp³-hybridized carbons (Fsp3) is 0.368. The fourth-order valence-corrected chi connectivity index (χ4v) is 3.36. The van der Waals surface area contributed by atoms with Gasteiger partial charge in [0.05, 0.1) is 11.4 Å². The molecule has 1 amide bonds. The molecule has 0 spiro atoms. The van der Waals surface area contributed by atoms with Crippen molar-refractivity contribution in [2.75, 3.05) is 11.1 Å². The van der Waals surface area contributed by atoms with Crippen molar-refractivity contribution in [3.05, 3.63) is 46.9 Å². The minimum Gasteiger partial charge on any atom is -0.325 e. The van der Waals surface area contributed by atoms with Crippen LogP contribution in [0.25, 0.3) is 0 Å². The van der Waals surface area contributed by atoms with Gasteiger partial charge in [-0.15, -0.1) is 0 Å². The summed E-state index contributed by atoms with van der Waals surface area (Å²) < 4.78 is 0. The molecule has 1 N–H and O–H groups in total. The van der Waals surface area contributed by atoms with E-state index in [0.717, 1.165) is 11.3 Å². The van der Waals surface area contributed by atoms with Gasteiger partial charge in [0, 0.05) is 5.69 Å². The second kappa shape index (κ2) is 7.66. The molecular weight excluding hydrogens is 332 g/mol. The first-order chi connectivity index (χ1) is 11.7. The lowest BCUT2D eigenvalue weighted by Crippen LogP contribution is -2.20. The molecule has 1 aromatic heterocycles. The Morgan fingerprint density at radius 3 is 2.56 bits per heavy atom.